The zero-order valence-corrected chi connectivity index (χ0v) is 76.6. The summed E-state index contributed by atoms with van der Waals surface area (Å²) in [5.74, 6) is 1.13. The second-order valence-corrected chi connectivity index (χ2v) is 33.3. The van der Waals surface area contributed by atoms with E-state index in [0.29, 0.717) is 51.6 Å². The summed E-state index contributed by atoms with van der Waals surface area (Å²) in [7, 11) is 0. The maximum Gasteiger partial charge on any atom is 0.277 e. The van der Waals surface area contributed by atoms with Crippen molar-refractivity contribution in [2.75, 3.05) is 0 Å². The van der Waals surface area contributed by atoms with Crippen molar-refractivity contribution in [1.29, 1.82) is 31.6 Å². The minimum atomic E-state index is 0.370. The third kappa shape index (κ3) is 20.8. The summed E-state index contributed by atoms with van der Waals surface area (Å²) in [6.07, 6.45) is 15.0. The molecule has 666 valence electrons. The van der Waals surface area contributed by atoms with E-state index in [2.05, 4.69) is 332 Å². The normalized spacial score (nSPS) is 10.4. The van der Waals surface area contributed by atoms with Crippen LogP contribution >= 0.6 is 0 Å². The molecule has 0 saturated carbocycles. The third-order valence-corrected chi connectivity index (χ3v) is 24.6. The van der Waals surface area contributed by atoms with Gasteiger partial charge in [0.2, 0.25) is 0 Å². The van der Waals surface area contributed by atoms with Gasteiger partial charge in [0, 0.05) is 70.6 Å². The highest BCUT2D eigenvalue weighted by Crippen LogP contribution is 2.43. The smallest absolute Gasteiger partial charge is 0.277 e. The quantitative estimate of drug-likeness (QED) is 0.0722. The van der Waals surface area contributed by atoms with Gasteiger partial charge in [-0.2, -0.15) is 31.6 Å². The molecule has 0 atom stereocenters. The zero-order chi connectivity index (χ0) is 98.6. The number of hydrogen-bond acceptors (Lipinski definition) is 15. The SMILES string of the molecule is [C-]#[N+]c1cc(-c2ccc(-c3cc(-c4ccc(-c5ccnc(C#N)c5)cc4)cc(-c4ccc(-c5ccnc(C#N)c5)cc4)c3)cc2)ccn1.[C-]#[N+]c1ccc(-c2ccc(-c3cc(-c4ccc(-c5ccc(C#N)nc5)cc4)cc(-c4ccc(-c5ccc(C#N)nc5)cc4)c3)cc2)cn1.[C-]#[N+]c1ncccc1-c1ccc(-c2cc(-c3ccc(-c4cccnc4C#N)cc3)cc(-c3ccc(-c4cccnc4C#N)cc3)c2)cc1. The molecule has 0 aliphatic carbocycles. The molecule has 0 amide bonds. The van der Waals surface area contributed by atoms with E-state index in [4.69, 9.17) is 30.2 Å². The molecule has 0 fully saturated rings. The Balaban J connectivity index is 0.000000137. The van der Waals surface area contributed by atoms with Gasteiger partial charge in [-0.1, -0.05) is 250 Å². The van der Waals surface area contributed by atoms with Crippen LogP contribution in [0.3, 0.4) is 0 Å². The van der Waals surface area contributed by atoms with E-state index >= 15 is 0 Å². The summed E-state index contributed by atoms with van der Waals surface area (Å²) in [5, 5.41) is 55.9. The van der Waals surface area contributed by atoms with Crippen molar-refractivity contribution < 1.29 is 0 Å². The average molecular weight is 1840 g/mol. The Morgan fingerprint density at radius 1 is 0.160 bits per heavy atom. The van der Waals surface area contributed by atoms with E-state index in [1.807, 2.05) is 109 Å². The molecule has 12 aromatic carbocycles. The molecule has 0 aliphatic rings. The number of pyridine rings is 9. The lowest BCUT2D eigenvalue weighted by molar-refractivity contribution is 1.26. The van der Waals surface area contributed by atoms with E-state index < -0.39 is 0 Å². The Morgan fingerprint density at radius 2 is 0.403 bits per heavy atom. The molecule has 0 unspecified atom stereocenters. The number of aromatic nitrogens is 9. The van der Waals surface area contributed by atoms with Crippen molar-refractivity contribution >= 4 is 17.5 Å². The monoisotopic (exact) mass is 1840 g/mol. The van der Waals surface area contributed by atoms with Crippen LogP contribution in [0.2, 0.25) is 0 Å². The van der Waals surface area contributed by atoms with Gasteiger partial charge in [-0.15, -0.1) is 15.0 Å². The first-order valence-corrected chi connectivity index (χ1v) is 45.4. The van der Waals surface area contributed by atoms with Gasteiger partial charge in [-0.05, 0) is 319 Å². The fourth-order valence-corrected chi connectivity index (χ4v) is 17.1. The van der Waals surface area contributed by atoms with Crippen LogP contribution in [-0.4, -0.2) is 44.9 Å². The van der Waals surface area contributed by atoms with Crippen LogP contribution in [-0.2, 0) is 0 Å². The summed E-state index contributed by atoms with van der Waals surface area (Å²) in [6, 6.07) is 141. The summed E-state index contributed by atoms with van der Waals surface area (Å²) in [6.45, 7) is 22.0. The third-order valence-electron chi connectivity index (χ3n) is 24.6. The van der Waals surface area contributed by atoms with Crippen molar-refractivity contribution in [1.82, 2.24) is 44.9 Å². The van der Waals surface area contributed by atoms with Gasteiger partial charge in [0.25, 0.3) is 17.5 Å². The number of hydrogen-bond donors (Lipinski definition) is 0. The van der Waals surface area contributed by atoms with E-state index in [1.54, 1.807) is 92.2 Å². The minimum Gasteiger partial charge on any atom is -0.361 e. The van der Waals surface area contributed by atoms with E-state index in [9.17, 15) is 21.0 Å². The molecule has 9 heterocycles. The first kappa shape index (κ1) is 91.5. The highest BCUT2D eigenvalue weighted by atomic mass is 14.9. The second-order valence-electron chi connectivity index (χ2n) is 33.3. The molecule has 21 rings (SSSR count). The summed E-state index contributed by atoms with van der Waals surface area (Å²) >= 11 is 0. The number of benzene rings is 12. The first-order valence-electron chi connectivity index (χ1n) is 45.4. The van der Waals surface area contributed by atoms with Crippen molar-refractivity contribution in [2.24, 2.45) is 0 Å². The maximum atomic E-state index is 9.56. The molecule has 0 aliphatic heterocycles. The van der Waals surface area contributed by atoms with Crippen LogP contribution < -0.4 is 0 Å². The predicted octanol–water partition coefficient (Wildman–Crippen LogP) is 30.5. The van der Waals surface area contributed by atoms with Crippen LogP contribution in [0.4, 0.5) is 17.5 Å². The van der Waals surface area contributed by atoms with Gasteiger partial charge in [0.1, 0.15) is 89.2 Å². The highest BCUT2D eigenvalue weighted by Gasteiger charge is 2.19. The molecule has 144 heavy (non-hydrogen) atoms. The van der Waals surface area contributed by atoms with Gasteiger partial charge < -0.3 is 14.5 Å². The van der Waals surface area contributed by atoms with Gasteiger partial charge >= 0.3 is 0 Å². The summed E-state index contributed by atoms with van der Waals surface area (Å²) in [4.78, 5) is 48.1. The molecule has 18 nitrogen and oxygen atoms in total. The molecule has 18 heteroatoms. The molecule has 0 saturated heterocycles. The Hall–Kier alpha value is -21.6. The van der Waals surface area contributed by atoms with Crippen molar-refractivity contribution in [2.45, 2.75) is 0 Å². The summed E-state index contributed by atoms with van der Waals surface area (Å²) in [5.41, 5.74) is 38.4. The molecular weight excluding hydrogens is 1770 g/mol. The number of nitrogens with zero attached hydrogens (tertiary/aromatic N) is 18. The average Bonchev–Trinajstić information content (AvgIpc) is 0.788. The van der Waals surface area contributed by atoms with Crippen LogP contribution in [0.25, 0.3) is 215 Å². The van der Waals surface area contributed by atoms with Crippen LogP contribution in [0.15, 0.2) is 438 Å². The van der Waals surface area contributed by atoms with Gasteiger partial charge in [0.05, 0.1) is 0 Å². The van der Waals surface area contributed by atoms with Crippen molar-refractivity contribution in [3.63, 3.8) is 0 Å². The molecule has 0 spiro atoms. The van der Waals surface area contributed by atoms with Crippen LogP contribution in [0.1, 0.15) is 34.2 Å². The Labute approximate surface area is 831 Å². The molecule has 0 N–H and O–H groups in total. The topological polar surface area (TPSA) is 272 Å². The number of nitriles is 6. The standard InChI is InChI=1S/3C42H24N6/c1-45-42-19-16-36(27-48-42)30-6-12-33(13-7-30)39-21-37(31-8-2-28(3-9-31)34-14-17-40(23-43)46-25-34)20-38(22-39)32-10-4-29(5-11-32)35-15-18-41(24-44)47-26-35;1-45-42-25-36(16-19-48-42)30-6-12-33(13-7-30)39-21-37(31-8-2-28(3-9-31)34-14-17-46-40(23-34)26-43)20-38(22-39)32-10-4-29(5-11-32)35-15-18-47-41(24-35)27-44;1-45-42-39(7-4-22-48-42)33-18-12-30(13-19-33)36-24-34(28-8-14-31(15-9-28)37-5-2-20-46-40(37)26-43)23-35(25-36)29-10-16-32(17-11-29)38-6-3-21-47-41(38)27-44/h2-22,25-27H;2*2-25H. The zero-order valence-electron chi connectivity index (χ0n) is 76.6. The lowest BCUT2D eigenvalue weighted by Gasteiger charge is -2.13. The molecule has 21 aromatic rings. The molecule has 0 radical (unpaired) electrons. The second kappa shape index (κ2) is 42.5. The first-order chi connectivity index (χ1) is 70.8. The fourth-order valence-electron chi connectivity index (χ4n) is 17.1. The van der Waals surface area contributed by atoms with E-state index in [1.165, 1.54) is 0 Å². The molecular formula is C126H72N18. The van der Waals surface area contributed by atoms with Gasteiger partial charge in [0.15, 0.2) is 0 Å². The highest BCUT2D eigenvalue weighted by molar-refractivity contribution is 5.90. The van der Waals surface area contributed by atoms with E-state index in [-0.39, 0.29) is 0 Å². The Kier molecular flexibility index (Phi) is 27.0. The fraction of sp³-hybridized carbons (Fsp3) is 0. The Morgan fingerprint density at radius 3 is 0.667 bits per heavy atom. The predicted molar refractivity (Wildman–Crippen MR) is 564 cm³/mol. The maximum absolute atomic E-state index is 9.56. The largest absolute Gasteiger partial charge is 0.361 e. The lowest BCUT2D eigenvalue weighted by atomic mass is 9.91. The lowest BCUT2D eigenvalue weighted by Crippen LogP contribution is -1.90. The van der Waals surface area contributed by atoms with Crippen LogP contribution in [0.5, 0.6) is 0 Å². The van der Waals surface area contributed by atoms with E-state index in [0.717, 1.165) is 200 Å². The van der Waals surface area contributed by atoms with Crippen molar-refractivity contribution in [3.05, 3.63) is 506 Å². The van der Waals surface area contributed by atoms with Crippen molar-refractivity contribution in [3.8, 4) is 237 Å². The van der Waals surface area contributed by atoms with Gasteiger partial charge in [-0.3, -0.25) is 0 Å². The molecule has 9 aromatic heterocycles. The minimum absolute atomic E-state index is 0.370. The summed E-state index contributed by atoms with van der Waals surface area (Å²) < 4.78 is 0. The molecule has 0 bridgehead atoms. The van der Waals surface area contributed by atoms with Crippen LogP contribution in [0, 0.1) is 87.7 Å². The van der Waals surface area contributed by atoms with Gasteiger partial charge in [-0.25, -0.2) is 29.9 Å². The Bertz CT molecular complexity index is 7960. The number of rotatable bonds is 18.